The average Bonchev–Trinajstić information content (AvgIpc) is 2.35. The molecule has 1 aromatic carbocycles. The van der Waals surface area contributed by atoms with Gasteiger partial charge in [-0.2, -0.15) is 11.8 Å². The molecule has 0 radical (unpaired) electrons. The maximum absolute atomic E-state index is 12.1. The first kappa shape index (κ1) is 14.1. The SMILES string of the molecule is COc1ccccc1C(=O)CSC(C)C(C)C. The molecule has 0 bridgehead atoms. The number of carbonyl (C=O) groups excluding carboxylic acids is 1. The van der Waals surface area contributed by atoms with E-state index in [2.05, 4.69) is 20.8 Å². The maximum atomic E-state index is 12.1. The number of hydrogen-bond acceptors (Lipinski definition) is 3. The number of ketones is 1. The number of Topliss-reactive ketones (excluding diaryl/α,β-unsaturated/α-hetero) is 1. The van der Waals surface area contributed by atoms with Gasteiger partial charge in [0.1, 0.15) is 5.75 Å². The van der Waals surface area contributed by atoms with Gasteiger partial charge >= 0.3 is 0 Å². The fraction of sp³-hybridized carbons (Fsp3) is 0.500. The lowest BCUT2D eigenvalue weighted by Crippen LogP contribution is -2.11. The Bertz CT molecular complexity index is 374. The standard InChI is InChI=1S/C14H20O2S/c1-10(2)11(3)17-9-13(15)12-7-5-6-8-14(12)16-4/h5-8,10-11H,9H2,1-4H3. The number of methoxy groups -OCH3 is 1. The molecule has 1 unspecified atom stereocenters. The number of para-hydroxylation sites is 1. The number of thioether (sulfide) groups is 1. The van der Waals surface area contributed by atoms with Gasteiger partial charge in [0, 0.05) is 5.25 Å². The lowest BCUT2D eigenvalue weighted by Gasteiger charge is -2.14. The van der Waals surface area contributed by atoms with Crippen molar-refractivity contribution in [3.8, 4) is 5.75 Å². The van der Waals surface area contributed by atoms with Crippen molar-refractivity contribution in [3.05, 3.63) is 29.8 Å². The van der Waals surface area contributed by atoms with Crippen molar-refractivity contribution in [2.24, 2.45) is 5.92 Å². The Morgan fingerprint density at radius 2 is 1.94 bits per heavy atom. The van der Waals surface area contributed by atoms with Crippen molar-refractivity contribution >= 4 is 17.5 Å². The molecule has 1 aromatic rings. The smallest absolute Gasteiger partial charge is 0.176 e. The molecule has 17 heavy (non-hydrogen) atoms. The Labute approximate surface area is 108 Å². The van der Waals surface area contributed by atoms with Crippen LogP contribution >= 0.6 is 11.8 Å². The van der Waals surface area contributed by atoms with Crippen molar-refractivity contribution in [1.82, 2.24) is 0 Å². The summed E-state index contributed by atoms with van der Waals surface area (Å²) < 4.78 is 5.19. The second-order valence-electron chi connectivity index (χ2n) is 4.38. The van der Waals surface area contributed by atoms with Crippen LogP contribution in [0.3, 0.4) is 0 Å². The van der Waals surface area contributed by atoms with Crippen LogP contribution in [0.25, 0.3) is 0 Å². The van der Waals surface area contributed by atoms with Crippen molar-refractivity contribution in [2.75, 3.05) is 12.9 Å². The Morgan fingerprint density at radius 1 is 1.29 bits per heavy atom. The molecule has 2 nitrogen and oxygen atoms in total. The Kier molecular flexibility index (Phi) is 5.56. The normalized spacial score (nSPS) is 12.5. The van der Waals surface area contributed by atoms with Crippen LogP contribution in [0.5, 0.6) is 5.75 Å². The van der Waals surface area contributed by atoms with E-state index in [4.69, 9.17) is 4.74 Å². The lowest BCUT2D eigenvalue weighted by molar-refractivity contribution is 0.101. The molecule has 1 atom stereocenters. The van der Waals surface area contributed by atoms with Gasteiger partial charge in [-0.15, -0.1) is 0 Å². The van der Waals surface area contributed by atoms with E-state index in [1.165, 1.54) is 0 Å². The average molecular weight is 252 g/mol. The molecule has 0 aliphatic carbocycles. The highest BCUT2D eigenvalue weighted by atomic mass is 32.2. The molecule has 0 aliphatic heterocycles. The molecule has 0 aliphatic rings. The van der Waals surface area contributed by atoms with Crippen LogP contribution in [-0.2, 0) is 0 Å². The fourth-order valence-corrected chi connectivity index (χ4v) is 2.31. The lowest BCUT2D eigenvalue weighted by atomic mass is 10.1. The van der Waals surface area contributed by atoms with E-state index >= 15 is 0 Å². The van der Waals surface area contributed by atoms with E-state index < -0.39 is 0 Å². The summed E-state index contributed by atoms with van der Waals surface area (Å²) >= 11 is 1.70. The number of rotatable bonds is 6. The van der Waals surface area contributed by atoms with Crippen LogP contribution in [0.1, 0.15) is 31.1 Å². The van der Waals surface area contributed by atoms with Gasteiger partial charge in [-0.25, -0.2) is 0 Å². The molecule has 0 amide bonds. The summed E-state index contributed by atoms with van der Waals surface area (Å²) in [6.07, 6.45) is 0. The highest BCUT2D eigenvalue weighted by Gasteiger charge is 2.14. The highest BCUT2D eigenvalue weighted by molar-refractivity contribution is 8.00. The third-order valence-electron chi connectivity index (χ3n) is 2.82. The second-order valence-corrected chi connectivity index (χ2v) is 5.75. The molecule has 1 rings (SSSR count). The monoisotopic (exact) mass is 252 g/mol. The Hall–Kier alpha value is -0.960. The van der Waals surface area contributed by atoms with E-state index in [9.17, 15) is 4.79 Å². The number of hydrogen-bond donors (Lipinski definition) is 0. The van der Waals surface area contributed by atoms with Gasteiger partial charge in [0.2, 0.25) is 0 Å². The first-order chi connectivity index (χ1) is 8.06. The van der Waals surface area contributed by atoms with Gasteiger partial charge in [0.05, 0.1) is 18.4 Å². The molecule has 0 N–H and O–H groups in total. The molecule has 3 heteroatoms. The summed E-state index contributed by atoms with van der Waals surface area (Å²) in [4.78, 5) is 12.1. The summed E-state index contributed by atoms with van der Waals surface area (Å²) in [5.41, 5.74) is 0.679. The quantitative estimate of drug-likeness (QED) is 0.723. The molecule has 0 fully saturated rings. The van der Waals surface area contributed by atoms with Gasteiger partial charge in [-0.1, -0.05) is 32.9 Å². The molecule has 0 heterocycles. The maximum Gasteiger partial charge on any atom is 0.176 e. The third-order valence-corrected chi connectivity index (χ3v) is 4.32. The summed E-state index contributed by atoms with van der Waals surface area (Å²) in [6.45, 7) is 6.50. The minimum Gasteiger partial charge on any atom is -0.496 e. The van der Waals surface area contributed by atoms with E-state index in [-0.39, 0.29) is 5.78 Å². The zero-order chi connectivity index (χ0) is 12.8. The largest absolute Gasteiger partial charge is 0.496 e. The van der Waals surface area contributed by atoms with Gasteiger partial charge in [-0.05, 0) is 18.1 Å². The first-order valence-electron chi connectivity index (χ1n) is 5.84. The highest BCUT2D eigenvalue weighted by Crippen LogP contribution is 2.23. The van der Waals surface area contributed by atoms with Crippen LogP contribution in [0, 0.1) is 5.92 Å². The predicted molar refractivity (Wildman–Crippen MR) is 74.1 cm³/mol. The molecular formula is C14H20O2S. The van der Waals surface area contributed by atoms with Crippen molar-refractivity contribution in [3.63, 3.8) is 0 Å². The van der Waals surface area contributed by atoms with Crippen LogP contribution in [0.4, 0.5) is 0 Å². The predicted octanol–water partition coefficient (Wildman–Crippen LogP) is 3.66. The van der Waals surface area contributed by atoms with Gasteiger partial charge in [-0.3, -0.25) is 4.79 Å². The molecule has 0 spiro atoms. The van der Waals surface area contributed by atoms with E-state index in [0.717, 1.165) is 0 Å². The molecule has 94 valence electrons. The van der Waals surface area contributed by atoms with Crippen LogP contribution in [0.2, 0.25) is 0 Å². The van der Waals surface area contributed by atoms with Crippen molar-refractivity contribution in [1.29, 1.82) is 0 Å². The first-order valence-corrected chi connectivity index (χ1v) is 6.89. The zero-order valence-corrected chi connectivity index (χ0v) is 11.7. The van der Waals surface area contributed by atoms with Crippen LogP contribution < -0.4 is 4.74 Å². The van der Waals surface area contributed by atoms with Gasteiger partial charge in [0.25, 0.3) is 0 Å². The minimum atomic E-state index is 0.139. The van der Waals surface area contributed by atoms with Crippen molar-refractivity contribution < 1.29 is 9.53 Å². The van der Waals surface area contributed by atoms with Gasteiger partial charge < -0.3 is 4.74 Å². The van der Waals surface area contributed by atoms with E-state index in [1.54, 1.807) is 18.9 Å². The summed E-state index contributed by atoms with van der Waals surface area (Å²) in [5.74, 6) is 1.90. The van der Waals surface area contributed by atoms with Gasteiger partial charge in [0.15, 0.2) is 5.78 Å². The molecule has 0 aromatic heterocycles. The summed E-state index contributed by atoms with van der Waals surface area (Å²) in [6, 6.07) is 7.39. The molecule has 0 saturated carbocycles. The van der Waals surface area contributed by atoms with E-state index in [1.807, 2.05) is 24.3 Å². The Balaban J connectivity index is 2.64. The van der Waals surface area contributed by atoms with Crippen LogP contribution in [0.15, 0.2) is 24.3 Å². The van der Waals surface area contributed by atoms with Crippen molar-refractivity contribution in [2.45, 2.75) is 26.0 Å². The summed E-state index contributed by atoms with van der Waals surface area (Å²) in [7, 11) is 1.59. The fourth-order valence-electron chi connectivity index (χ4n) is 1.35. The van der Waals surface area contributed by atoms with E-state index in [0.29, 0.717) is 28.2 Å². The van der Waals surface area contributed by atoms with Crippen LogP contribution in [-0.4, -0.2) is 23.9 Å². The zero-order valence-electron chi connectivity index (χ0n) is 10.9. The molecular weight excluding hydrogens is 232 g/mol. The topological polar surface area (TPSA) is 26.3 Å². The Morgan fingerprint density at radius 3 is 2.53 bits per heavy atom. The molecule has 0 saturated heterocycles. The third kappa shape index (κ3) is 4.08. The second kappa shape index (κ2) is 6.70. The minimum absolute atomic E-state index is 0.139. The summed E-state index contributed by atoms with van der Waals surface area (Å²) in [5, 5.41) is 0.494. The number of benzene rings is 1. The number of carbonyl (C=O) groups is 1. The number of ether oxygens (including phenoxy) is 1.